The molecule has 4 saturated carbocycles. The Morgan fingerprint density at radius 1 is 1.08 bits per heavy atom. The van der Waals surface area contributed by atoms with Gasteiger partial charge < -0.3 is 10.3 Å². The minimum absolute atomic E-state index is 0.100. The van der Waals surface area contributed by atoms with Gasteiger partial charge in [0.2, 0.25) is 0 Å². The fourth-order valence-corrected chi connectivity index (χ4v) is 8.33. The number of rotatable bonds is 3. The normalized spacial score (nSPS) is 35.2. The van der Waals surface area contributed by atoms with Crippen molar-refractivity contribution >= 4 is 21.6 Å². The monoisotopic (exact) mass is 370 g/mol. The number of quaternary nitrogens is 1. The SMILES string of the molecule is O=c1[nH]c(C[NH2+]C23CC4CC(CC(C4)C2)C3)nc2sc3c(c12)CCCC3. The van der Waals surface area contributed by atoms with Gasteiger partial charge in [-0.2, -0.15) is 0 Å². The van der Waals surface area contributed by atoms with Gasteiger partial charge in [-0.05, 0) is 68.3 Å². The van der Waals surface area contributed by atoms with Gasteiger partial charge in [-0.25, -0.2) is 4.98 Å². The second-order valence-electron chi connectivity index (χ2n) is 9.59. The third kappa shape index (κ3) is 2.43. The summed E-state index contributed by atoms with van der Waals surface area (Å²) in [4.78, 5) is 23.2. The highest BCUT2D eigenvalue weighted by Crippen LogP contribution is 2.54. The lowest BCUT2D eigenvalue weighted by atomic mass is 9.53. The molecule has 0 saturated heterocycles. The van der Waals surface area contributed by atoms with Crippen LogP contribution in [0.1, 0.15) is 67.6 Å². The van der Waals surface area contributed by atoms with Crippen LogP contribution in [0.25, 0.3) is 10.2 Å². The molecule has 4 bridgehead atoms. The van der Waals surface area contributed by atoms with Crippen molar-refractivity contribution in [3.63, 3.8) is 0 Å². The van der Waals surface area contributed by atoms with Crippen molar-refractivity contribution in [2.24, 2.45) is 17.8 Å². The van der Waals surface area contributed by atoms with Crippen LogP contribution in [-0.4, -0.2) is 15.5 Å². The molecule has 0 aromatic carbocycles. The van der Waals surface area contributed by atoms with Crippen molar-refractivity contribution in [2.75, 3.05) is 0 Å². The first-order valence-electron chi connectivity index (χ1n) is 10.6. The van der Waals surface area contributed by atoms with Gasteiger partial charge in [0.25, 0.3) is 5.56 Å². The Kier molecular flexibility index (Phi) is 3.44. The van der Waals surface area contributed by atoms with E-state index in [4.69, 9.17) is 4.98 Å². The Hall–Kier alpha value is -1.20. The van der Waals surface area contributed by atoms with E-state index >= 15 is 0 Å². The van der Waals surface area contributed by atoms with Gasteiger partial charge in [-0.15, -0.1) is 11.3 Å². The Balaban J connectivity index is 1.28. The van der Waals surface area contributed by atoms with Gasteiger partial charge in [0.15, 0.2) is 5.82 Å². The summed E-state index contributed by atoms with van der Waals surface area (Å²) in [6.45, 7) is 0.833. The van der Waals surface area contributed by atoms with Crippen LogP contribution in [0, 0.1) is 17.8 Å². The summed E-state index contributed by atoms with van der Waals surface area (Å²) in [5.41, 5.74) is 1.83. The van der Waals surface area contributed by atoms with E-state index in [1.807, 2.05) is 0 Å². The molecule has 26 heavy (non-hydrogen) atoms. The lowest BCUT2D eigenvalue weighted by Crippen LogP contribution is -2.97. The summed E-state index contributed by atoms with van der Waals surface area (Å²) in [5.74, 6) is 3.79. The van der Waals surface area contributed by atoms with Crippen LogP contribution in [0.2, 0.25) is 0 Å². The number of hydrogen-bond donors (Lipinski definition) is 2. The summed E-state index contributed by atoms with van der Waals surface area (Å²) in [7, 11) is 0. The summed E-state index contributed by atoms with van der Waals surface area (Å²) >= 11 is 1.77. The van der Waals surface area contributed by atoms with E-state index in [-0.39, 0.29) is 5.56 Å². The standard InChI is InChI=1S/C21H27N3OS/c25-19-18-15-3-1-2-4-16(15)26-20(18)24-17(23-19)11-22-21-8-12-5-13(9-21)7-14(6-12)10-21/h12-14,22H,1-11H2,(H,23,24,25)/p+1. The topological polar surface area (TPSA) is 62.4 Å². The number of thiophene rings is 1. The summed E-state index contributed by atoms with van der Waals surface area (Å²) < 4.78 is 0. The molecule has 2 aromatic rings. The first-order chi connectivity index (χ1) is 12.7. The van der Waals surface area contributed by atoms with E-state index in [2.05, 4.69) is 10.3 Å². The van der Waals surface area contributed by atoms with Crippen molar-refractivity contribution in [3.05, 3.63) is 26.6 Å². The molecule has 0 radical (unpaired) electrons. The molecular formula is C21H28N3OS+. The van der Waals surface area contributed by atoms with Crippen LogP contribution in [0.15, 0.2) is 4.79 Å². The van der Waals surface area contributed by atoms with E-state index < -0.39 is 0 Å². The van der Waals surface area contributed by atoms with Gasteiger partial charge >= 0.3 is 0 Å². The predicted molar refractivity (Wildman–Crippen MR) is 103 cm³/mol. The van der Waals surface area contributed by atoms with Crippen LogP contribution in [0.3, 0.4) is 0 Å². The summed E-state index contributed by atoms with van der Waals surface area (Å²) in [6, 6.07) is 0. The van der Waals surface area contributed by atoms with Gasteiger partial charge in [-0.1, -0.05) is 0 Å². The van der Waals surface area contributed by atoms with E-state index in [1.165, 1.54) is 61.8 Å². The number of hydrogen-bond acceptors (Lipinski definition) is 3. The number of nitrogens with one attached hydrogen (secondary N) is 1. The van der Waals surface area contributed by atoms with Crippen molar-refractivity contribution in [3.8, 4) is 0 Å². The molecular weight excluding hydrogens is 342 g/mol. The zero-order valence-electron chi connectivity index (χ0n) is 15.4. The molecule has 138 valence electrons. The molecule has 7 rings (SSSR count). The minimum atomic E-state index is 0.100. The Morgan fingerprint density at radius 2 is 1.77 bits per heavy atom. The third-order valence-electron chi connectivity index (χ3n) is 7.69. The fourth-order valence-electron chi connectivity index (χ4n) is 7.05. The average Bonchev–Trinajstić information content (AvgIpc) is 2.98. The van der Waals surface area contributed by atoms with Crippen molar-refractivity contribution in [1.82, 2.24) is 9.97 Å². The second-order valence-corrected chi connectivity index (χ2v) is 10.7. The molecule has 0 atom stereocenters. The Bertz CT molecular complexity index is 892. The minimum Gasteiger partial charge on any atom is -0.335 e. The molecule has 0 aliphatic heterocycles. The quantitative estimate of drug-likeness (QED) is 0.873. The molecule has 2 aromatic heterocycles. The smallest absolute Gasteiger partial charge is 0.260 e. The lowest BCUT2D eigenvalue weighted by Gasteiger charge is -2.54. The first-order valence-corrected chi connectivity index (χ1v) is 11.4. The zero-order valence-corrected chi connectivity index (χ0v) is 16.2. The van der Waals surface area contributed by atoms with E-state index in [1.54, 1.807) is 11.3 Å². The van der Waals surface area contributed by atoms with Crippen LogP contribution in [0.4, 0.5) is 0 Å². The maximum absolute atomic E-state index is 12.8. The van der Waals surface area contributed by atoms with E-state index in [9.17, 15) is 4.79 Å². The number of fused-ring (bicyclic) bond motifs is 3. The average molecular weight is 371 g/mol. The number of H-pyrrole nitrogens is 1. The maximum Gasteiger partial charge on any atom is 0.260 e. The highest BCUT2D eigenvalue weighted by atomic mass is 32.1. The van der Waals surface area contributed by atoms with Crippen molar-refractivity contribution < 1.29 is 5.32 Å². The predicted octanol–water partition coefficient (Wildman–Crippen LogP) is 2.90. The van der Waals surface area contributed by atoms with Crippen LogP contribution >= 0.6 is 11.3 Å². The largest absolute Gasteiger partial charge is 0.335 e. The Morgan fingerprint density at radius 3 is 2.50 bits per heavy atom. The number of aromatic nitrogens is 2. The molecule has 5 aliphatic carbocycles. The Labute approximate surface area is 157 Å². The van der Waals surface area contributed by atoms with E-state index in [0.29, 0.717) is 5.54 Å². The second kappa shape index (κ2) is 5.65. The fraction of sp³-hybridized carbons (Fsp3) is 0.714. The van der Waals surface area contributed by atoms with Crippen LogP contribution in [0.5, 0.6) is 0 Å². The van der Waals surface area contributed by atoms with Crippen LogP contribution < -0.4 is 10.9 Å². The molecule has 2 heterocycles. The van der Waals surface area contributed by atoms with Gasteiger partial charge in [0.05, 0.1) is 10.9 Å². The number of nitrogens with zero attached hydrogens (tertiary/aromatic N) is 1. The molecule has 4 fully saturated rings. The third-order valence-corrected chi connectivity index (χ3v) is 8.87. The van der Waals surface area contributed by atoms with Gasteiger partial charge in [0, 0.05) is 24.1 Å². The molecule has 4 nitrogen and oxygen atoms in total. The van der Waals surface area contributed by atoms with Gasteiger partial charge in [0.1, 0.15) is 11.4 Å². The summed E-state index contributed by atoms with van der Waals surface area (Å²) in [6.07, 6.45) is 13.3. The number of nitrogens with two attached hydrogens (primary N) is 1. The highest BCUT2D eigenvalue weighted by molar-refractivity contribution is 7.18. The van der Waals surface area contributed by atoms with Crippen molar-refractivity contribution in [2.45, 2.75) is 76.3 Å². The highest BCUT2D eigenvalue weighted by Gasteiger charge is 2.53. The summed E-state index contributed by atoms with van der Waals surface area (Å²) in [5, 5.41) is 3.44. The molecule has 0 amide bonds. The molecule has 5 heteroatoms. The molecule has 5 aliphatic rings. The lowest BCUT2D eigenvalue weighted by molar-refractivity contribution is -0.753. The van der Waals surface area contributed by atoms with E-state index in [0.717, 1.165) is 53.2 Å². The first kappa shape index (κ1) is 15.8. The zero-order chi connectivity index (χ0) is 17.3. The van der Waals surface area contributed by atoms with Crippen molar-refractivity contribution in [1.29, 1.82) is 0 Å². The number of aromatic amines is 1. The number of aryl methyl sites for hydroxylation is 2. The van der Waals surface area contributed by atoms with Crippen LogP contribution in [-0.2, 0) is 19.4 Å². The molecule has 0 spiro atoms. The van der Waals surface area contributed by atoms with Gasteiger partial charge in [-0.3, -0.25) is 4.79 Å². The molecule has 3 N–H and O–H groups in total. The maximum atomic E-state index is 12.8. The molecule has 0 unspecified atom stereocenters.